The SMILES string of the molecule is CCOC(=O)c1nc(N2CCN(c3ccc(C)cc3C)CC2)c2c(C)noc2n1. The molecule has 8 nitrogen and oxygen atoms in total. The van der Waals surface area contributed by atoms with Gasteiger partial charge in [0.25, 0.3) is 5.71 Å². The highest BCUT2D eigenvalue weighted by Gasteiger charge is 2.26. The van der Waals surface area contributed by atoms with Crippen LogP contribution >= 0.6 is 0 Å². The molecule has 2 aromatic heterocycles. The average molecular weight is 395 g/mol. The fourth-order valence-electron chi connectivity index (χ4n) is 3.80. The molecule has 3 heterocycles. The van der Waals surface area contributed by atoms with Crippen LogP contribution in [0.5, 0.6) is 0 Å². The lowest BCUT2D eigenvalue weighted by Gasteiger charge is -2.37. The molecule has 0 radical (unpaired) electrons. The zero-order valence-electron chi connectivity index (χ0n) is 17.2. The first-order chi connectivity index (χ1) is 14.0. The number of aryl methyl sites for hydroxylation is 3. The molecule has 1 aromatic carbocycles. The number of ether oxygens (including phenoxy) is 1. The van der Waals surface area contributed by atoms with Crippen molar-refractivity contribution in [2.45, 2.75) is 27.7 Å². The van der Waals surface area contributed by atoms with Crippen molar-refractivity contribution in [3.05, 3.63) is 40.8 Å². The summed E-state index contributed by atoms with van der Waals surface area (Å²) in [7, 11) is 0. The van der Waals surface area contributed by atoms with E-state index in [0.717, 1.165) is 31.6 Å². The van der Waals surface area contributed by atoms with Gasteiger partial charge in [-0.05, 0) is 39.3 Å². The number of piperazine rings is 1. The molecule has 0 aliphatic carbocycles. The number of rotatable bonds is 4. The highest BCUT2D eigenvalue weighted by Crippen LogP contribution is 2.29. The molecule has 1 saturated heterocycles. The zero-order chi connectivity index (χ0) is 20.5. The highest BCUT2D eigenvalue weighted by molar-refractivity contribution is 5.93. The van der Waals surface area contributed by atoms with Gasteiger partial charge in [-0.25, -0.2) is 9.78 Å². The van der Waals surface area contributed by atoms with E-state index in [-0.39, 0.29) is 12.4 Å². The summed E-state index contributed by atoms with van der Waals surface area (Å²) in [5.41, 5.74) is 4.83. The first-order valence-electron chi connectivity index (χ1n) is 9.86. The lowest BCUT2D eigenvalue weighted by molar-refractivity contribution is 0.0512. The van der Waals surface area contributed by atoms with E-state index in [4.69, 9.17) is 9.26 Å². The van der Waals surface area contributed by atoms with Crippen LogP contribution in [0.1, 0.15) is 34.4 Å². The number of anilines is 2. The molecule has 0 amide bonds. The molecule has 1 aliphatic heterocycles. The Balaban J connectivity index is 1.62. The van der Waals surface area contributed by atoms with Crippen molar-refractivity contribution in [1.82, 2.24) is 15.1 Å². The number of benzene rings is 1. The van der Waals surface area contributed by atoms with Gasteiger partial charge in [0.05, 0.1) is 12.3 Å². The standard InChI is InChI=1S/C21H25N5O3/c1-5-28-21(27)18-22-19(17-15(4)24-29-20(17)23-18)26-10-8-25(9-11-26)16-7-6-13(2)12-14(16)3/h6-7,12H,5,8-11H2,1-4H3. The first kappa shape index (κ1) is 19.2. The van der Waals surface area contributed by atoms with Gasteiger partial charge in [-0.15, -0.1) is 0 Å². The van der Waals surface area contributed by atoms with Gasteiger partial charge < -0.3 is 19.1 Å². The van der Waals surface area contributed by atoms with Crippen molar-refractivity contribution in [3.8, 4) is 0 Å². The topological polar surface area (TPSA) is 84.6 Å². The van der Waals surface area contributed by atoms with Crippen molar-refractivity contribution in [3.63, 3.8) is 0 Å². The molecule has 0 spiro atoms. The van der Waals surface area contributed by atoms with Crippen LogP contribution in [0.4, 0.5) is 11.5 Å². The number of aromatic nitrogens is 3. The third-order valence-corrected chi connectivity index (χ3v) is 5.22. The fraction of sp³-hybridized carbons (Fsp3) is 0.429. The summed E-state index contributed by atoms with van der Waals surface area (Å²) < 4.78 is 10.4. The summed E-state index contributed by atoms with van der Waals surface area (Å²) in [6.45, 7) is 11.4. The number of hydrogen-bond acceptors (Lipinski definition) is 8. The van der Waals surface area contributed by atoms with Crippen molar-refractivity contribution in [2.24, 2.45) is 0 Å². The molecule has 8 heteroatoms. The van der Waals surface area contributed by atoms with Crippen molar-refractivity contribution < 1.29 is 14.1 Å². The summed E-state index contributed by atoms with van der Waals surface area (Å²) in [5, 5.41) is 4.76. The molecular formula is C21H25N5O3. The third kappa shape index (κ3) is 3.62. The normalized spacial score (nSPS) is 14.5. The van der Waals surface area contributed by atoms with Crippen LogP contribution in [0, 0.1) is 20.8 Å². The number of fused-ring (bicyclic) bond motifs is 1. The van der Waals surface area contributed by atoms with Crippen LogP contribution in [0.25, 0.3) is 11.1 Å². The van der Waals surface area contributed by atoms with E-state index in [9.17, 15) is 4.79 Å². The summed E-state index contributed by atoms with van der Waals surface area (Å²) >= 11 is 0. The molecule has 0 bridgehead atoms. The zero-order valence-corrected chi connectivity index (χ0v) is 17.2. The van der Waals surface area contributed by atoms with E-state index in [1.807, 2.05) is 6.92 Å². The molecular weight excluding hydrogens is 370 g/mol. The monoisotopic (exact) mass is 395 g/mol. The summed E-state index contributed by atoms with van der Waals surface area (Å²) in [6, 6.07) is 6.54. The maximum absolute atomic E-state index is 12.2. The predicted octanol–water partition coefficient (Wildman–Crippen LogP) is 3.05. The van der Waals surface area contributed by atoms with Crippen molar-refractivity contribution in [2.75, 3.05) is 42.6 Å². The Morgan fingerprint density at radius 1 is 1.10 bits per heavy atom. The van der Waals surface area contributed by atoms with Gasteiger partial charge in [-0.1, -0.05) is 22.9 Å². The first-order valence-corrected chi connectivity index (χ1v) is 9.86. The Labute approximate surface area is 169 Å². The molecule has 0 saturated carbocycles. The smallest absolute Gasteiger partial charge is 0.376 e. The molecule has 0 unspecified atom stereocenters. The molecule has 0 atom stereocenters. The summed E-state index contributed by atoms with van der Waals surface area (Å²) in [4.78, 5) is 25.5. The second-order valence-corrected chi connectivity index (χ2v) is 7.30. The van der Waals surface area contributed by atoms with Crippen LogP contribution in [0.3, 0.4) is 0 Å². The van der Waals surface area contributed by atoms with E-state index in [1.54, 1.807) is 6.92 Å². The maximum atomic E-state index is 12.2. The molecule has 1 aliphatic rings. The Bertz CT molecular complexity index is 1050. The third-order valence-electron chi connectivity index (χ3n) is 5.22. The van der Waals surface area contributed by atoms with Crippen LogP contribution < -0.4 is 9.80 Å². The fourth-order valence-corrected chi connectivity index (χ4v) is 3.80. The van der Waals surface area contributed by atoms with E-state index in [1.165, 1.54) is 16.8 Å². The largest absolute Gasteiger partial charge is 0.460 e. The minimum absolute atomic E-state index is 0.00214. The van der Waals surface area contributed by atoms with E-state index in [2.05, 4.69) is 57.0 Å². The summed E-state index contributed by atoms with van der Waals surface area (Å²) in [6.07, 6.45) is 0. The van der Waals surface area contributed by atoms with Crippen LogP contribution in [-0.4, -0.2) is 53.9 Å². The van der Waals surface area contributed by atoms with Gasteiger partial charge in [0.1, 0.15) is 11.2 Å². The van der Waals surface area contributed by atoms with Gasteiger partial charge in [-0.3, -0.25) is 0 Å². The Morgan fingerprint density at radius 2 is 1.83 bits per heavy atom. The van der Waals surface area contributed by atoms with Gasteiger partial charge in [0.2, 0.25) is 5.82 Å². The van der Waals surface area contributed by atoms with Crippen molar-refractivity contribution >= 4 is 28.6 Å². The minimum Gasteiger partial charge on any atom is -0.460 e. The Kier molecular flexibility index (Phi) is 5.08. The predicted molar refractivity (Wildman–Crippen MR) is 111 cm³/mol. The number of esters is 1. The molecule has 29 heavy (non-hydrogen) atoms. The molecule has 4 rings (SSSR count). The molecule has 1 fully saturated rings. The molecule has 152 valence electrons. The second kappa shape index (κ2) is 7.69. The van der Waals surface area contributed by atoms with Gasteiger partial charge in [0, 0.05) is 31.9 Å². The summed E-state index contributed by atoms with van der Waals surface area (Å²) in [5.74, 6) is 0.123. The minimum atomic E-state index is -0.557. The van der Waals surface area contributed by atoms with Crippen LogP contribution in [0.15, 0.2) is 22.7 Å². The van der Waals surface area contributed by atoms with Crippen LogP contribution in [-0.2, 0) is 4.74 Å². The van der Waals surface area contributed by atoms with Gasteiger partial charge >= 0.3 is 5.97 Å². The second-order valence-electron chi connectivity index (χ2n) is 7.30. The maximum Gasteiger partial charge on any atom is 0.376 e. The number of hydrogen-bond donors (Lipinski definition) is 0. The number of carbonyl (C=O) groups excluding carboxylic acids is 1. The molecule has 0 N–H and O–H groups in total. The lowest BCUT2D eigenvalue weighted by atomic mass is 10.1. The lowest BCUT2D eigenvalue weighted by Crippen LogP contribution is -2.47. The van der Waals surface area contributed by atoms with E-state index < -0.39 is 5.97 Å². The Hall–Kier alpha value is -3.16. The Morgan fingerprint density at radius 3 is 2.52 bits per heavy atom. The van der Waals surface area contributed by atoms with E-state index in [0.29, 0.717) is 17.2 Å². The highest BCUT2D eigenvalue weighted by atomic mass is 16.5. The van der Waals surface area contributed by atoms with Crippen molar-refractivity contribution in [1.29, 1.82) is 0 Å². The molecule has 3 aromatic rings. The number of carbonyl (C=O) groups is 1. The van der Waals surface area contributed by atoms with Crippen LogP contribution in [0.2, 0.25) is 0 Å². The quantitative estimate of drug-likeness (QED) is 0.623. The van der Waals surface area contributed by atoms with E-state index >= 15 is 0 Å². The number of nitrogens with zero attached hydrogens (tertiary/aromatic N) is 5. The van der Waals surface area contributed by atoms with Gasteiger partial charge in [-0.2, -0.15) is 4.98 Å². The van der Waals surface area contributed by atoms with Gasteiger partial charge in [0.15, 0.2) is 0 Å². The average Bonchev–Trinajstić information content (AvgIpc) is 3.09.